The fourth-order valence-corrected chi connectivity index (χ4v) is 2.67. The van der Waals surface area contributed by atoms with Crippen LogP contribution in [0.1, 0.15) is 29.8 Å². The molecule has 3 N–H and O–H groups in total. The number of hydrogen-bond donors (Lipinski definition) is 3. The van der Waals surface area contributed by atoms with Crippen molar-refractivity contribution in [2.24, 2.45) is 4.99 Å². The summed E-state index contributed by atoms with van der Waals surface area (Å²) in [5, 5.41) is 23.0. The van der Waals surface area contributed by atoms with Crippen LogP contribution < -0.4 is 10.6 Å². The molecule has 29 heavy (non-hydrogen) atoms. The van der Waals surface area contributed by atoms with E-state index >= 15 is 0 Å². The van der Waals surface area contributed by atoms with E-state index < -0.39 is 5.91 Å². The van der Waals surface area contributed by atoms with Crippen LogP contribution in [0.2, 0.25) is 5.02 Å². The quantitative estimate of drug-likeness (QED) is 0.444. The van der Waals surface area contributed by atoms with Gasteiger partial charge in [0, 0.05) is 28.3 Å². The number of nitrogens with one attached hydrogen (secondary N) is 3. The molecule has 2 aromatic carbocycles. The number of H-pyrrole nitrogens is 1. The fraction of sp³-hybridized carbons (Fsp3) is 0.143. The topological polar surface area (TPSA) is 106 Å². The van der Waals surface area contributed by atoms with Gasteiger partial charge in [-0.15, -0.1) is 0 Å². The van der Waals surface area contributed by atoms with Crippen LogP contribution in [-0.4, -0.2) is 28.1 Å². The van der Waals surface area contributed by atoms with Crippen LogP contribution in [0.25, 0.3) is 11.3 Å². The van der Waals surface area contributed by atoms with Crippen molar-refractivity contribution in [3.05, 3.63) is 70.7 Å². The molecule has 0 saturated heterocycles. The zero-order valence-corrected chi connectivity index (χ0v) is 16.7. The van der Waals surface area contributed by atoms with Crippen molar-refractivity contribution in [1.29, 1.82) is 5.26 Å². The number of aromatic amines is 1. The maximum atomic E-state index is 12.5. The second-order valence-electron chi connectivity index (χ2n) is 6.56. The molecule has 0 aliphatic carbocycles. The molecule has 8 heteroatoms. The minimum absolute atomic E-state index is 0.0400. The molecule has 0 fully saturated rings. The average molecular weight is 407 g/mol. The molecule has 1 heterocycles. The lowest BCUT2D eigenvalue weighted by Gasteiger charge is -2.13. The Hall–Kier alpha value is -3.63. The lowest BCUT2D eigenvalue weighted by atomic mass is 10.1. The van der Waals surface area contributed by atoms with Crippen molar-refractivity contribution in [1.82, 2.24) is 15.5 Å². The number of aromatic nitrogens is 2. The standard InChI is InChI=1S/C21H19ClN6O/c1-13(2)24-21(26-20(29)16-5-3-4-14(10-16)12-23)25-19-11-18(27-28-19)15-6-8-17(22)9-7-15/h3-11,13H,1-2H3,(H3,24,25,26,27,28,29). The molecule has 1 aromatic heterocycles. The molecular weight excluding hydrogens is 388 g/mol. The first-order chi connectivity index (χ1) is 13.9. The molecule has 0 saturated carbocycles. The number of aliphatic imine (C=N–C) groups is 1. The molecule has 0 bridgehead atoms. The number of nitrogens with zero attached hydrogens (tertiary/aromatic N) is 3. The van der Waals surface area contributed by atoms with Gasteiger partial charge in [-0.05, 0) is 44.2 Å². The number of benzene rings is 2. The van der Waals surface area contributed by atoms with Crippen molar-refractivity contribution in [2.75, 3.05) is 5.32 Å². The number of halogens is 1. The van der Waals surface area contributed by atoms with Crippen LogP contribution in [0, 0.1) is 11.3 Å². The number of carbonyl (C=O) groups is 1. The van der Waals surface area contributed by atoms with Gasteiger partial charge in [-0.25, -0.2) is 0 Å². The first-order valence-corrected chi connectivity index (χ1v) is 9.30. The van der Waals surface area contributed by atoms with Crippen molar-refractivity contribution in [2.45, 2.75) is 19.9 Å². The van der Waals surface area contributed by atoms with Crippen LogP contribution in [0.4, 0.5) is 5.82 Å². The number of anilines is 1. The molecule has 146 valence electrons. The number of hydrogen-bond acceptors (Lipinski definition) is 3. The molecule has 0 aliphatic rings. The van der Waals surface area contributed by atoms with E-state index in [0.29, 0.717) is 22.0 Å². The van der Waals surface area contributed by atoms with Gasteiger partial charge in [-0.3, -0.25) is 9.89 Å². The molecule has 3 aromatic rings. The summed E-state index contributed by atoms with van der Waals surface area (Å²) in [5.41, 5.74) is 2.36. The summed E-state index contributed by atoms with van der Waals surface area (Å²) >= 11 is 5.93. The Morgan fingerprint density at radius 1 is 1.21 bits per heavy atom. The zero-order chi connectivity index (χ0) is 20.8. The second kappa shape index (κ2) is 9.04. The lowest BCUT2D eigenvalue weighted by Crippen LogP contribution is -2.36. The number of carbonyl (C=O) groups excluding carboxylic acids is 1. The third-order valence-electron chi connectivity index (χ3n) is 3.85. The Kier molecular flexibility index (Phi) is 6.27. The highest BCUT2D eigenvalue weighted by molar-refractivity contribution is 6.30. The highest BCUT2D eigenvalue weighted by atomic mass is 35.5. The van der Waals surface area contributed by atoms with Crippen molar-refractivity contribution < 1.29 is 4.79 Å². The van der Waals surface area contributed by atoms with E-state index in [1.807, 2.05) is 38.1 Å². The fourth-order valence-electron chi connectivity index (χ4n) is 2.54. The van der Waals surface area contributed by atoms with Gasteiger partial charge >= 0.3 is 0 Å². The van der Waals surface area contributed by atoms with E-state index in [0.717, 1.165) is 11.3 Å². The van der Waals surface area contributed by atoms with Crippen molar-refractivity contribution in [3.8, 4) is 17.3 Å². The molecule has 0 aliphatic heterocycles. The SMILES string of the molecule is CC(C)N/C(=N/C(=O)c1cccc(C#N)c1)Nc1cc(-c2ccc(Cl)cc2)n[nH]1. The maximum absolute atomic E-state index is 12.5. The van der Waals surface area contributed by atoms with Gasteiger partial charge in [0.2, 0.25) is 5.96 Å². The van der Waals surface area contributed by atoms with E-state index in [-0.39, 0.29) is 12.0 Å². The number of nitriles is 1. The summed E-state index contributed by atoms with van der Waals surface area (Å²) in [6.45, 7) is 3.87. The van der Waals surface area contributed by atoms with Gasteiger partial charge in [-0.1, -0.05) is 29.8 Å². The highest BCUT2D eigenvalue weighted by Gasteiger charge is 2.11. The first-order valence-electron chi connectivity index (χ1n) is 8.92. The number of amides is 1. The molecule has 0 atom stereocenters. The Morgan fingerprint density at radius 3 is 2.66 bits per heavy atom. The van der Waals surface area contributed by atoms with Crippen molar-refractivity contribution in [3.63, 3.8) is 0 Å². The van der Waals surface area contributed by atoms with E-state index in [9.17, 15) is 4.79 Å². The molecule has 0 unspecified atom stereocenters. The van der Waals surface area contributed by atoms with Gasteiger partial charge in [0.1, 0.15) is 5.82 Å². The summed E-state index contributed by atoms with van der Waals surface area (Å²) in [5.74, 6) is 0.384. The summed E-state index contributed by atoms with van der Waals surface area (Å²) in [6.07, 6.45) is 0. The van der Waals surface area contributed by atoms with Crippen LogP contribution in [0.15, 0.2) is 59.6 Å². The van der Waals surface area contributed by atoms with Gasteiger partial charge in [-0.2, -0.15) is 15.4 Å². The van der Waals surface area contributed by atoms with Gasteiger partial charge in [0.05, 0.1) is 17.3 Å². The Bertz CT molecular complexity index is 1080. The lowest BCUT2D eigenvalue weighted by molar-refractivity contribution is 0.100. The molecular formula is C21H19ClN6O. The van der Waals surface area contributed by atoms with Crippen LogP contribution in [-0.2, 0) is 0 Å². The smallest absolute Gasteiger partial charge is 0.280 e. The summed E-state index contributed by atoms with van der Waals surface area (Å²) < 4.78 is 0. The number of rotatable bonds is 4. The Morgan fingerprint density at radius 2 is 1.97 bits per heavy atom. The third-order valence-corrected chi connectivity index (χ3v) is 4.10. The predicted molar refractivity (Wildman–Crippen MR) is 114 cm³/mol. The van der Waals surface area contributed by atoms with E-state index in [1.165, 1.54) is 6.07 Å². The van der Waals surface area contributed by atoms with E-state index in [4.69, 9.17) is 16.9 Å². The van der Waals surface area contributed by atoms with Gasteiger partial charge in [0.15, 0.2) is 0 Å². The van der Waals surface area contributed by atoms with Crippen molar-refractivity contribution >= 4 is 29.3 Å². The summed E-state index contributed by atoms with van der Waals surface area (Å²) in [6, 6.07) is 17.6. The molecule has 3 rings (SSSR count). The minimum atomic E-state index is -0.463. The Balaban J connectivity index is 1.82. The van der Waals surface area contributed by atoms with Gasteiger partial charge < -0.3 is 10.6 Å². The van der Waals surface area contributed by atoms with Crippen LogP contribution in [0.3, 0.4) is 0 Å². The minimum Gasteiger partial charge on any atom is -0.354 e. The molecule has 7 nitrogen and oxygen atoms in total. The summed E-state index contributed by atoms with van der Waals surface area (Å²) in [7, 11) is 0. The van der Waals surface area contributed by atoms with Crippen LogP contribution >= 0.6 is 11.6 Å². The Labute approximate surface area is 173 Å². The molecule has 0 spiro atoms. The normalized spacial score (nSPS) is 11.2. The third kappa shape index (κ3) is 5.43. The largest absolute Gasteiger partial charge is 0.354 e. The average Bonchev–Trinajstić information content (AvgIpc) is 3.16. The first kappa shape index (κ1) is 20.1. The molecule has 0 radical (unpaired) electrons. The highest BCUT2D eigenvalue weighted by Crippen LogP contribution is 2.21. The monoisotopic (exact) mass is 406 g/mol. The maximum Gasteiger partial charge on any atom is 0.280 e. The van der Waals surface area contributed by atoms with E-state index in [2.05, 4.69) is 25.8 Å². The predicted octanol–water partition coefficient (Wildman–Crippen LogP) is 4.21. The van der Waals surface area contributed by atoms with Crippen LogP contribution in [0.5, 0.6) is 0 Å². The van der Waals surface area contributed by atoms with E-state index in [1.54, 1.807) is 30.3 Å². The zero-order valence-electron chi connectivity index (χ0n) is 15.9. The van der Waals surface area contributed by atoms with Gasteiger partial charge in [0.25, 0.3) is 5.91 Å². The molecule has 1 amide bonds. The summed E-state index contributed by atoms with van der Waals surface area (Å²) in [4.78, 5) is 16.7. The second-order valence-corrected chi connectivity index (χ2v) is 6.99. The number of guanidine groups is 1.